The number of carboxylic acid groups (broad SMARTS) is 1. The second-order valence-electron chi connectivity index (χ2n) is 5.12. The van der Waals surface area contributed by atoms with Gasteiger partial charge in [-0.25, -0.2) is 4.79 Å². The molecule has 1 atom stereocenters. The molecule has 2 N–H and O–H groups in total. The van der Waals surface area contributed by atoms with Gasteiger partial charge in [0.15, 0.2) is 0 Å². The molecule has 0 aliphatic heterocycles. The molecule has 1 amide bonds. The van der Waals surface area contributed by atoms with Crippen LogP contribution in [0, 0.1) is 12.8 Å². The zero-order valence-corrected chi connectivity index (χ0v) is 11.6. The molecule has 0 saturated heterocycles. The number of nitrogens with one attached hydrogen (secondary N) is 1. The second kappa shape index (κ2) is 6.92. The number of carbonyl (C=O) groups is 2. The Morgan fingerprint density at radius 1 is 1.32 bits per heavy atom. The minimum absolute atomic E-state index is 0.125. The fourth-order valence-electron chi connectivity index (χ4n) is 1.88. The van der Waals surface area contributed by atoms with Crippen LogP contribution < -0.4 is 5.32 Å². The Labute approximate surface area is 113 Å². The van der Waals surface area contributed by atoms with Crippen LogP contribution in [0.15, 0.2) is 24.3 Å². The van der Waals surface area contributed by atoms with Crippen LogP contribution in [0.3, 0.4) is 0 Å². The summed E-state index contributed by atoms with van der Waals surface area (Å²) < 4.78 is 0. The minimum Gasteiger partial charge on any atom is -0.480 e. The predicted molar refractivity (Wildman–Crippen MR) is 73.9 cm³/mol. The van der Waals surface area contributed by atoms with Crippen molar-refractivity contribution in [3.05, 3.63) is 35.4 Å². The number of carbonyl (C=O) groups excluding carboxylic acids is 1. The van der Waals surface area contributed by atoms with Gasteiger partial charge in [-0.1, -0.05) is 43.7 Å². The molecule has 0 radical (unpaired) electrons. The normalized spacial score (nSPS) is 12.2. The fraction of sp³-hybridized carbons (Fsp3) is 0.467. The third-order valence-electron chi connectivity index (χ3n) is 2.97. The second-order valence-corrected chi connectivity index (χ2v) is 5.12. The van der Waals surface area contributed by atoms with E-state index in [1.165, 1.54) is 0 Å². The highest BCUT2D eigenvalue weighted by atomic mass is 16.4. The molecular weight excluding hydrogens is 242 g/mol. The van der Waals surface area contributed by atoms with E-state index in [2.05, 4.69) is 5.32 Å². The average Bonchev–Trinajstić information content (AvgIpc) is 2.32. The van der Waals surface area contributed by atoms with Gasteiger partial charge in [0.25, 0.3) is 0 Å². The standard InChI is InChI=1S/C15H21NO3/c1-10(2)14(15(18)19)16-13(17)8-7-12-6-4-5-11(3)9-12/h4-6,9-10,14H,7-8H2,1-3H3,(H,16,17)(H,18,19)/t14-/m1/s1. The van der Waals surface area contributed by atoms with E-state index in [-0.39, 0.29) is 11.8 Å². The lowest BCUT2D eigenvalue weighted by Crippen LogP contribution is -2.44. The van der Waals surface area contributed by atoms with Crippen LogP contribution in [0.2, 0.25) is 0 Å². The summed E-state index contributed by atoms with van der Waals surface area (Å²) >= 11 is 0. The van der Waals surface area contributed by atoms with Gasteiger partial charge in [0.05, 0.1) is 0 Å². The number of hydrogen-bond acceptors (Lipinski definition) is 2. The van der Waals surface area contributed by atoms with Crippen molar-refractivity contribution >= 4 is 11.9 Å². The molecule has 1 rings (SSSR count). The number of amides is 1. The maximum Gasteiger partial charge on any atom is 0.326 e. The van der Waals surface area contributed by atoms with Crippen molar-refractivity contribution in [2.45, 2.75) is 39.7 Å². The Bertz CT molecular complexity index is 454. The van der Waals surface area contributed by atoms with Crippen molar-refractivity contribution in [1.82, 2.24) is 5.32 Å². The van der Waals surface area contributed by atoms with Crippen molar-refractivity contribution in [3.63, 3.8) is 0 Å². The van der Waals surface area contributed by atoms with Crippen LogP contribution in [0.4, 0.5) is 0 Å². The number of aryl methyl sites for hydroxylation is 2. The Morgan fingerprint density at radius 3 is 2.53 bits per heavy atom. The van der Waals surface area contributed by atoms with E-state index in [1.54, 1.807) is 13.8 Å². The average molecular weight is 263 g/mol. The van der Waals surface area contributed by atoms with Gasteiger partial charge in [0.2, 0.25) is 5.91 Å². The first kappa shape index (κ1) is 15.2. The topological polar surface area (TPSA) is 66.4 Å². The molecule has 0 saturated carbocycles. The lowest BCUT2D eigenvalue weighted by atomic mass is 10.0. The molecule has 1 aromatic carbocycles. The van der Waals surface area contributed by atoms with Crippen molar-refractivity contribution in [1.29, 1.82) is 0 Å². The molecule has 4 nitrogen and oxygen atoms in total. The highest BCUT2D eigenvalue weighted by molar-refractivity contribution is 5.83. The molecule has 4 heteroatoms. The molecule has 0 aromatic heterocycles. The van der Waals surface area contributed by atoms with Gasteiger partial charge < -0.3 is 10.4 Å². The maximum absolute atomic E-state index is 11.7. The van der Waals surface area contributed by atoms with Crippen LogP contribution in [-0.2, 0) is 16.0 Å². The van der Waals surface area contributed by atoms with Gasteiger partial charge in [0.1, 0.15) is 6.04 Å². The molecular formula is C15H21NO3. The SMILES string of the molecule is Cc1cccc(CCC(=O)N[C@@H](C(=O)O)C(C)C)c1. The molecule has 1 aromatic rings. The Kier molecular flexibility index (Phi) is 5.55. The van der Waals surface area contributed by atoms with E-state index in [1.807, 2.05) is 31.2 Å². The van der Waals surface area contributed by atoms with Crippen molar-refractivity contribution in [2.24, 2.45) is 5.92 Å². The summed E-state index contributed by atoms with van der Waals surface area (Å²) in [4.78, 5) is 22.7. The van der Waals surface area contributed by atoms with Crippen molar-refractivity contribution < 1.29 is 14.7 Å². The van der Waals surface area contributed by atoms with Crippen LogP contribution in [0.5, 0.6) is 0 Å². The maximum atomic E-state index is 11.7. The largest absolute Gasteiger partial charge is 0.480 e. The third kappa shape index (κ3) is 5.12. The molecule has 19 heavy (non-hydrogen) atoms. The van der Waals surface area contributed by atoms with Gasteiger partial charge in [-0.05, 0) is 24.8 Å². The van der Waals surface area contributed by atoms with E-state index in [4.69, 9.17) is 5.11 Å². The molecule has 0 heterocycles. The zero-order chi connectivity index (χ0) is 14.4. The highest BCUT2D eigenvalue weighted by Crippen LogP contribution is 2.07. The van der Waals surface area contributed by atoms with E-state index < -0.39 is 12.0 Å². The smallest absolute Gasteiger partial charge is 0.326 e. The van der Waals surface area contributed by atoms with Crippen LogP contribution in [0.25, 0.3) is 0 Å². The quantitative estimate of drug-likeness (QED) is 0.826. The number of rotatable bonds is 6. The summed E-state index contributed by atoms with van der Waals surface area (Å²) in [6.07, 6.45) is 0.928. The Balaban J connectivity index is 2.49. The van der Waals surface area contributed by atoms with E-state index >= 15 is 0 Å². The van der Waals surface area contributed by atoms with E-state index in [0.29, 0.717) is 12.8 Å². The lowest BCUT2D eigenvalue weighted by Gasteiger charge is -2.17. The number of benzene rings is 1. The van der Waals surface area contributed by atoms with Gasteiger partial charge >= 0.3 is 5.97 Å². The summed E-state index contributed by atoms with van der Waals surface area (Å²) in [5.74, 6) is -1.33. The van der Waals surface area contributed by atoms with Gasteiger partial charge in [0, 0.05) is 6.42 Å². The van der Waals surface area contributed by atoms with Crippen LogP contribution in [0.1, 0.15) is 31.4 Å². The molecule has 104 valence electrons. The van der Waals surface area contributed by atoms with Gasteiger partial charge in [-0.3, -0.25) is 4.79 Å². The number of carboxylic acids is 1. The molecule has 0 aliphatic carbocycles. The molecule has 0 fully saturated rings. The monoisotopic (exact) mass is 263 g/mol. The predicted octanol–water partition coefficient (Wildman–Crippen LogP) is 2.15. The molecule has 0 unspecified atom stereocenters. The summed E-state index contributed by atoms with van der Waals surface area (Å²) in [7, 11) is 0. The zero-order valence-electron chi connectivity index (χ0n) is 11.6. The van der Waals surface area contributed by atoms with Crippen LogP contribution >= 0.6 is 0 Å². The highest BCUT2D eigenvalue weighted by Gasteiger charge is 2.22. The molecule has 0 spiro atoms. The third-order valence-corrected chi connectivity index (χ3v) is 2.97. The summed E-state index contributed by atoms with van der Waals surface area (Å²) in [5, 5.41) is 11.6. The van der Waals surface area contributed by atoms with E-state index in [9.17, 15) is 9.59 Å². The molecule has 0 aliphatic rings. The fourth-order valence-corrected chi connectivity index (χ4v) is 1.88. The van der Waals surface area contributed by atoms with E-state index in [0.717, 1.165) is 11.1 Å². The lowest BCUT2D eigenvalue weighted by molar-refractivity contribution is -0.143. The Hall–Kier alpha value is -1.84. The molecule has 0 bridgehead atoms. The summed E-state index contributed by atoms with van der Waals surface area (Å²) in [6.45, 7) is 5.56. The van der Waals surface area contributed by atoms with Gasteiger partial charge in [-0.15, -0.1) is 0 Å². The van der Waals surface area contributed by atoms with Crippen molar-refractivity contribution in [3.8, 4) is 0 Å². The number of hydrogen-bond donors (Lipinski definition) is 2. The summed E-state index contributed by atoms with van der Waals surface area (Å²) in [5.41, 5.74) is 2.25. The van der Waals surface area contributed by atoms with Gasteiger partial charge in [-0.2, -0.15) is 0 Å². The first-order chi connectivity index (χ1) is 8.90. The number of aliphatic carboxylic acids is 1. The van der Waals surface area contributed by atoms with Crippen LogP contribution in [-0.4, -0.2) is 23.0 Å². The first-order valence-corrected chi connectivity index (χ1v) is 6.48. The summed E-state index contributed by atoms with van der Waals surface area (Å²) in [6, 6.07) is 7.14. The minimum atomic E-state index is -0.987. The Morgan fingerprint density at radius 2 is 2.00 bits per heavy atom. The first-order valence-electron chi connectivity index (χ1n) is 6.48. The van der Waals surface area contributed by atoms with Crippen molar-refractivity contribution in [2.75, 3.05) is 0 Å².